The first-order valence-electron chi connectivity index (χ1n) is 5.04. The Bertz CT molecular complexity index is 443. The van der Waals surface area contributed by atoms with Crippen LogP contribution in [0.4, 0.5) is 0 Å². The molecule has 0 saturated heterocycles. The van der Waals surface area contributed by atoms with E-state index in [0.717, 1.165) is 11.1 Å². The zero-order valence-electron chi connectivity index (χ0n) is 9.68. The molecule has 2 aromatic carbocycles. The summed E-state index contributed by atoms with van der Waals surface area (Å²) in [5.74, 6) is 5.05. The van der Waals surface area contributed by atoms with Crippen molar-refractivity contribution in [1.82, 2.24) is 0 Å². The van der Waals surface area contributed by atoms with E-state index in [1.165, 1.54) is 18.2 Å². The van der Waals surface area contributed by atoms with Crippen LogP contribution in [0.3, 0.4) is 0 Å². The van der Waals surface area contributed by atoms with Crippen molar-refractivity contribution >= 4 is 9.53 Å². The predicted octanol–water partition coefficient (Wildman–Crippen LogP) is 4.02. The van der Waals surface area contributed by atoms with Gasteiger partial charge in [0.1, 0.15) is 0 Å². The molecule has 0 aliphatic heterocycles. The number of hydrogen-bond acceptors (Lipinski definition) is 0. The van der Waals surface area contributed by atoms with Gasteiger partial charge in [-0.1, -0.05) is 48.2 Å². The van der Waals surface area contributed by atoms with Gasteiger partial charge in [-0.2, -0.15) is 0 Å². The minimum atomic E-state index is 0.938. The van der Waals surface area contributed by atoms with Gasteiger partial charge in [-0.25, -0.2) is 0 Å². The second-order valence-corrected chi connectivity index (χ2v) is 3.02. The van der Waals surface area contributed by atoms with E-state index in [2.05, 4.69) is 11.8 Å². The Morgan fingerprint density at radius 1 is 0.667 bits per heavy atom. The van der Waals surface area contributed by atoms with Gasteiger partial charge in [-0.05, 0) is 24.3 Å². The van der Waals surface area contributed by atoms with Crippen molar-refractivity contribution in [2.24, 2.45) is 0 Å². The molecule has 0 atom stereocenters. The third-order valence-corrected chi connectivity index (χ3v) is 1.88. The molecule has 0 heterocycles. The van der Waals surface area contributed by atoms with Crippen molar-refractivity contribution in [3.05, 3.63) is 71.8 Å². The molecular formula is C16H12ClRe. The van der Waals surface area contributed by atoms with Gasteiger partial charge in [-0.15, -0.1) is 12.8 Å². The second kappa shape index (κ2) is 12.0. The Morgan fingerprint density at radius 3 is 1.11 bits per heavy atom. The maximum atomic E-state index is 5.10. The van der Waals surface area contributed by atoms with Crippen LogP contribution in [0, 0.1) is 24.7 Å². The molecule has 0 fully saturated rings. The maximum absolute atomic E-state index is 5.10. The van der Waals surface area contributed by atoms with Crippen molar-refractivity contribution in [1.29, 1.82) is 0 Å². The molecular weight excluding hydrogens is 414 g/mol. The van der Waals surface area contributed by atoms with Gasteiger partial charge in [-0.3, -0.25) is 0 Å². The quantitative estimate of drug-likeness (QED) is 0.559. The first-order chi connectivity index (χ1) is 8.86. The number of rotatable bonds is 0. The first kappa shape index (κ1) is 16.5. The van der Waals surface area contributed by atoms with Crippen molar-refractivity contribution in [2.75, 3.05) is 0 Å². The van der Waals surface area contributed by atoms with Crippen LogP contribution < -0.4 is 0 Å². The molecule has 18 heavy (non-hydrogen) atoms. The summed E-state index contributed by atoms with van der Waals surface area (Å²) in [6.45, 7) is 0. The number of hydrogen-bond donors (Lipinski definition) is 0. The Hall–Kier alpha value is -1.49. The molecule has 0 amide bonds. The fraction of sp³-hybridized carbons (Fsp3) is 0. The van der Waals surface area contributed by atoms with E-state index in [9.17, 15) is 0 Å². The molecule has 2 heteroatoms. The molecule has 0 N–H and O–H groups in total. The van der Waals surface area contributed by atoms with Crippen molar-refractivity contribution in [3.8, 4) is 24.7 Å². The van der Waals surface area contributed by atoms with Gasteiger partial charge in [0.15, 0.2) is 0 Å². The van der Waals surface area contributed by atoms with Gasteiger partial charge < -0.3 is 0 Å². The summed E-state index contributed by atoms with van der Waals surface area (Å²) in [4.78, 5) is 0. The summed E-state index contributed by atoms with van der Waals surface area (Å²) in [6, 6.07) is 19.2. The molecule has 0 aliphatic rings. The number of terminal acetylenes is 2. The summed E-state index contributed by atoms with van der Waals surface area (Å²) in [7, 11) is 4.69. The number of benzene rings is 2. The Morgan fingerprint density at radius 2 is 0.944 bits per heavy atom. The monoisotopic (exact) mass is 426 g/mol. The van der Waals surface area contributed by atoms with Crippen LogP contribution in [0.2, 0.25) is 0 Å². The molecule has 0 saturated carbocycles. The molecule has 0 radical (unpaired) electrons. The SMILES string of the molecule is C#Cc1ccccc1.C#Cc1ccccc1.[Cl][Re]. The van der Waals surface area contributed by atoms with Crippen molar-refractivity contribution < 1.29 is 18.2 Å². The second-order valence-electron chi connectivity index (χ2n) is 3.02. The Balaban J connectivity index is 0.000000283. The van der Waals surface area contributed by atoms with E-state index in [4.69, 9.17) is 22.4 Å². The van der Waals surface area contributed by atoms with E-state index in [-0.39, 0.29) is 0 Å². The van der Waals surface area contributed by atoms with E-state index < -0.39 is 0 Å². The van der Waals surface area contributed by atoms with Gasteiger partial charge in [0.2, 0.25) is 0 Å². The zero-order chi connectivity index (χ0) is 13.6. The summed E-state index contributed by atoms with van der Waals surface area (Å²) >= 11 is 1.19. The van der Waals surface area contributed by atoms with Crippen LogP contribution in [-0.2, 0) is 18.2 Å². The number of halogens is 1. The fourth-order valence-corrected chi connectivity index (χ4v) is 1.07. The summed E-state index contributed by atoms with van der Waals surface area (Å²) < 4.78 is 0. The van der Waals surface area contributed by atoms with Crippen LogP contribution in [0.1, 0.15) is 11.1 Å². The minimum absolute atomic E-state index is 0.938. The predicted molar refractivity (Wildman–Crippen MR) is 74.6 cm³/mol. The molecule has 0 spiro atoms. The van der Waals surface area contributed by atoms with Crippen LogP contribution in [0.15, 0.2) is 60.7 Å². The summed E-state index contributed by atoms with van der Waals surface area (Å²) in [6.07, 6.45) is 10.2. The molecule has 0 aromatic heterocycles. The average molecular weight is 426 g/mol. The molecule has 2 aromatic rings. The summed E-state index contributed by atoms with van der Waals surface area (Å²) in [5.41, 5.74) is 1.88. The van der Waals surface area contributed by atoms with Crippen LogP contribution in [0.25, 0.3) is 0 Å². The molecule has 0 aliphatic carbocycles. The van der Waals surface area contributed by atoms with Crippen LogP contribution >= 0.6 is 9.53 Å². The zero-order valence-corrected chi connectivity index (χ0v) is 13.2. The van der Waals surface area contributed by atoms with Gasteiger partial charge >= 0.3 is 27.7 Å². The molecule has 0 unspecified atom stereocenters. The molecule has 90 valence electrons. The Labute approximate surface area is 124 Å². The molecule has 2 rings (SSSR count). The normalized spacial score (nSPS) is 7.33. The average Bonchev–Trinajstić information content (AvgIpc) is 2.51. The fourth-order valence-electron chi connectivity index (χ4n) is 1.07. The van der Waals surface area contributed by atoms with E-state index in [1.54, 1.807) is 0 Å². The van der Waals surface area contributed by atoms with E-state index in [1.807, 2.05) is 60.7 Å². The van der Waals surface area contributed by atoms with Crippen LogP contribution in [-0.4, -0.2) is 0 Å². The Kier molecular flexibility index (Phi) is 11.0. The third kappa shape index (κ3) is 7.73. The van der Waals surface area contributed by atoms with Gasteiger partial charge in [0.05, 0.1) is 0 Å². The summed E-state index contributed by atoms with van der Waals surface area (Å²) in [5, 5.41) is 0. The standard InChI is InChI=1S/2C8H6.ClH.Re/c2*1-2-8-6-4-3-5-7-8;;/h2*1,3-7H;1H;/q;;;+1/p-1. The molecule has 0 nitrogen and oxygen atoms in total. The first-order valence-corrected chi connectivity index (χ1v) is 8.41. The van der Waals surface area contributed by atoms with Crippen LogP contribution in [0.5, 0.6) is 0 Å². The van der Waals surface area contributed by atoms with E-state index in [0.29, 0.717) is 0 Å². The van der Waals surface area contributed by atoms with E-state index >= 15 is 0 Å². The van der Waals surface area contributed by atoms with Crippen molar-refractivity contribution in [2.45, 2.75) is 0 Å². The topological polar surface area (TPSA) is 0 Å². The van der Waals surface area contributed by atoms with Gasteiger partial charge in [0, 0.05) is 11.1 Å². The van der Waals surface area contributed by atoms with Gasteiger partial charge in [0.25, 0.3) is 0 Å². The molecule has 0 bridgehead atoms. The third-order valence-electron chi connectivity index (χ3n) is 1.88. The van der Waals surface area contributed by atoms with Crippen molar-refractivity contribution in [3.63, 3.8) is 0 Å².